The number of likely N-dealkylation sites (N-methyl/N-ethyl adjacent to an activating group) is 1. The van der Waals surface area contributed by atoms with E-state index in [0.717, 1.165) is 29.1 Å². The minimum Gasteiger partial charge on any atom is -0.486 e. The molecule has 138 valence electrons. The summed E-state index contributed by atoms with van der Waals surface area (Å²) in [4.78, 5) is 17.0. The summed E-state index contributed by atoms with van der Waals surface area (Å²) in [5, 5.41) is 0. The molecule has 2 aromatic carbocycles. The van der Waals surface area contributed by atoms with Gasteiger partial charge in [0, 0.05) is 24.0 Å². The van der Waals surface area contributed by atoms with E-state index in [-0.39, 0.29) is 12.0 Å². The first kappa shape index (κ1) is 18.1. The monoisotopic (exact) mass is 353 g/mol. The van der Waals surface area contributed by atoms with Crippen LogP contribution in [0.25, 0.3) is 0 Å². The third kappa shape index (κ3) is 3.77. The van der Waals surface area contributed by atoms with Crippen molar-refractivity contribution in [3.8, 4) is 5.75 Å². The van der Waals surface area contributed by atoms with Crippen molar-refractivity contribution in [2.45, 2.75) is 33.3 Å². The maximum absolute atomic E-state index is 13.0. The first-order valence-corrected chi connectivity index (χ1v) is 9.20. The first-order valence-electron chi connectivity index (χ1n) is 9.20. The highest BCUT2D eigenvalue weighted by atomic mass is 16.5. The summed E-state index contributed by atoms with van der Waals surface area (Å²) in [5.74, 6) is 0.840. The zero-order valence-corrected chi connectivity index (χ0v) is 15.7. The van der Waals surface area contributed by atoms with E-state index in [2.05, 4.69) is 11.8 Å². The highest BCUT2D eigenvalue weighted by Gasteiger charge is 2.27. The van der Waals surface area contributed by atoms with Crippen molar-refractivity contribution >= 4 is 23.0 Å². The van der Waals surface area contributed by atoms with Gasteiger partial charge < -0.3 is 20.3 Å². The molecule has 1 aliphatic heterocycles. The third-order valence-electron chi connectivity index (χ3n) is 4.75. The summed E-state index contributed by atoms with van der Waals surface area (Å²) < 4.78 is 6.01. The Balaban J connectivity index is 1.84. The Bertz CT molecular complexity index is 791. The molecular weight excluding hydrogens is 326 g/mol. The number of amides is 1. The van der Waals surface area contributed by atoms with Crippen molar-refractivity contribution in [1.29, 1.82) is 0 Å². The summed E-state index contributed by atoms with van der Waals surface area (Å²) in [7, 11) is 0. The van der Waals surface area contributed by atoms with Crippen LogP contribution in [0, 0.1) is 6.92 Å². The first-order chi connectivity index (χ1) is 12.5. The lowest BCUT2D eigenvalue weighted by atomic mass is 10.1. The Morgan fingerprint density at radius 2 is 2.08 bits per heavy atom. The van der Waals surface area contributed by atoms with Crippen LogP contribution in [0.4, 0.5) is 17.1 Å². The number of benzene rings is 2. The highest BCUT2D eigenvalue weighted by Crippen LogP contribution is 2.35. The summed E-state index contributed by atoms with van der Waals surface area (Å²) >= 11 is 0. The Labute approximate surface area is 155 Å². The van der Waals surface area contributed by atoms with E-state index >= 15 is 0 Å². The van der Waals surface area contributed by atoms with Gasteiger partial charge in [0.05, 0.1) is 18.8 Å². The molecule has 1 aliphatic rings. The molecule has 2 N–H and O–H groups in total. The van der Waals surface area contributed by atoms with Gasteiger partial charge >= 0.3 is 0 Å². The Hall–Kier alpha value is -2.69. The molecule has 1 atom stereocenters. The van der Waals surface area contributed by atoms with E-state index in [1.807, 2.05) is 61.2 Å². The van der Waals surface area contributed by atoms with Crippen LogP contribution in [0.5, 0.6) is 5.75 Å². The van der Waals surface area contributed by atoms with E-state index in [4.69, 9.17) is 10.5 Å². The van der Waals surface area contributed by atoms with Crippen molar-refractivity contribution in [2.75, 3.05) is 35.2 Å². The summed E-state index contributed by atoms with van der Waals surface area (Å²) in [5.41, 5.74) is 9.58. The molecule has 0 radical (unpaired) electrons. The molecule has 0 saturated heterocycles. The number of carbonyl (C=O) groups is 1. The molecule has 0 aromatic heterocycles. The van der Waals surface area contributed by atoms with Gasteiger partial charge in [-0.3, -0.25) is 4.79 Å². The molecule has 0 bridgehead atoms. The van der Waals surface area contributed by atoms with Gasteiger partial charge in [-0.15, -0.1) is 0 Å². The van der Waals surface area contributed by atoms with Crippen molar-refractivity contribution in [3.05, 3.63) is 48.0 Å². The number of nitrogens with two attached hydrogens (primary N) is 1. The Morgan fingerprint density at radius 1 is 1.27 bits per heavy atom. The van der Waals surface area contributed by atoms with E-state index in [1.54, 1.807) is 0 Å². The number of carbonyl (C=O) groups excluding carboxylic acids is 1. The van der Waals surface area contributed by atoms with Crippen molar-refractivity contribution in [2.24, 2.45) is 0 Å². The normalized spacial score (nSPS) is 16.0. The van der Waals surface area contributed by atoms with Crippen LogP contribution in [-0.2, 0) is 4.79 Å². The van der Waals surface area contributed by atoms with Crippen molar-refractivity contribution in [3.63, 3.8) is 0 Å². The second-order valence-corrected chi connectivity index (χ2v) is 6.73. The van der Waals surface area contributed by atoms with Crippen LogP contribution >= 0.6 is 0 Å². The minimum absolute atomic E-state index is 0.0612. The molecule has 0 saturated carbocycles. The van der Waals surface area contributed by atoms with Gasteiger partial charge in [0.2, 0.25) is 5.91 Å². The van der Waals surface area contributed by atoms with Crippen LogP contribution in [0.3, 0.4) is 0 Å². The maximum atomic E-state index is 13.0. The number of ether oxygens (including phenoxy) is 1. The number of nitrogen functional groups attached to an aromatic ring is 1. The fourth-order valence-corrected chi connectivity index (χ4v) is 3.36. The predicted molar refractivity (Wildman–Crippen MR) is 107 cm³/mol. The van der Waals surface area contributed by atoms with E-state index in [0.29, 0.717) is 25.3 Å². The van der Waals surface area contributed by atoms with Gasteiger partial charge in [-0.1, -0.05) is 19.1 Å². The molecule has 0 fully saturated rings. The molecule has 3 rings (SSSR count). The number of fused-ring (bicyclic) bond motifs is 1. The number of hydrogen-bond acceptors (Lipinski definition) is 4. The molecule has 0 aliphatic carbocycles. The largest absolute Gasteiger partial charge is 0.486 e. The topological polar surface area (TPSA) is 58.8 Å². The van der Waals surface area contributed by atoms with Crippen LogP contribution in [0.1, 0.15) is 25.8 Å². The third-order valence-corrected chi connectivity index (χ3v) is 4.75. The lowest BCUT2D eigenvalue weighted by Crippen LogP contribution is -2.46. The standard InChI is InChI=1S/C21H27N3O2/c1-4-18-13-23(19-10-9-16(22)12-20(19)26-18)14-21(25)24(5-2)17-8-6-7-15(3)11-17/h6-12,18H,4-5,13-14,22H2,1-3H3. The van der Waals surface area contributed by atoms with Gasteiger partial charge in [0.25, 0.3) is 0 Å². The van der Waals surface area contributed by atoms with Crippen LogP contribution in [0.2, 0.25) is 0 Å². The highest BCUT2D eigenvalue weighted by molar-refractivity contribution is 5.96. The lowest BCUT2D eigenvalue weighted by molar-refractivity contribution is -0.117. The SMILES string of the molecule is CCC1CN(CC(=O)N(CC)c2cccc(C)c2)c2ccc(N)cc2O1. The average Bonchev–Trinajstić information content (AvgIpc) is 2.61. The molecule has 1 heterocycles. The quantitative estimate of drug-likeness (QED) is 0.834. The van der Waals surface area contributed by atoms with Crippen LogP contribution < -0.4 is 20.3 Å². The molecule has 5 nitrogen and oxygen atoms in total. The number of nitrogens with zero attached hydrogens (tertiary/aromatic N) is 2. The predicted octanol–water partition coefficient (Wildman–Crippen LogP) is 3.61. The average molecular weight is 353 g/mol. The van der Waals surface area contributed by atoms with Crippen molar-refractivity contribution < 1.29 is 9.53 Å². The molecule has 1 amide bonds. The maximum Gasteiger partial charge on any atom is 0.246 e. The summed E-state index contributed by atoms with van der Waals surface area (Å²) in [6.45, 7) is 7.79. The lowest BCUT2D eigenvalue weighted by Gasteiger charge is -2.36. The van der Waals surface area contributed by atoms with Gasteiger partial charge in [0.15, 0.2) is 0 Å². The number of hydrogen-bond donors (Lipinski definition) is 1. The smallest absolute Gasteiger partial charge is 0.246 e. The fourth-order valence-electron chi connectivity index (χ4n) is 3.36. The summed E-state index contributed by atoms with van der Waals surface area (Å²) in [6.07, 6.45) is 0.944. The molecule has 0 spiro atoms. The zero-order valence-electron chi connectivity index (χ0n) is 15.7. The second-order valence-electron chi connectivity index (χ2n) is 6.73. The van der Waals surface area contributed by atoms with Gasteiger partial charge in [0.1, 0.15) is 11.9 Å². The number of aryl methyl sites for hydroxylation is 1. The number of anilines is 3. The Morgan fingerprint density at radius 3 is 2.77 bits per heavy atom. The molecule has 1 unspecified atom stereocenters. The molecule has 5 heteroatoms. The Kier molecular flexibility index (Phi) is 5.35. The van der Waals surface area contributed by atoms with Crippen LogP contribution in [0.15, 0.2) is 42.5 Å². The van der Waals surface area contributed by atoms with E-state index in [1.165, 1.54) is 0 Å². The van der Waals surface area contributed by atoms with E-state index < -0.39 is 0 Å². The van der Waals surface area contributed by atoms with Gasteiger partial charge in [-0.2, -0.15) is 0 Å². The molecular formula is C21H27N3O2. The summed E-state index contributed by atoms with van der Waals surface area (Å²) in [6, 6.07) is 13.7. The van der Waals surface area contributed by atoms with Gasteiger partial charge in [-0.25, -0.2) is 0 Å². The van der Waals surface area contributed by atoms with Crippen molar-refractivity contribution in [1.82, 2.24) is 0 Å². The number of rotatable bonds is 5. The zero-order chi connectivity index (χ0) is 18.7. The minimum atomic E-state index is 0.0612. The van der Waals surface area contributed by atoms with E-state index in [9.17, 15) is 4.79 Å². The van der Waals surface area contributed by atoms with Gasteiger partial charge in [-0.05, 0) is 50.1 Å². The molecule has 26 heavy (non-hydrogen) atoms. The second kappa shape index (κ2) is 7.68. The van der Waals surface area contributed by atoms with Crippen LogP contribution in [-0.4, -0.2) is 31.6 Å². The molecule has 2 aromatic rings. The fraction of sp³-hybridized carbons (Fsp3) is 0.381.